The van der Waals surface area contributed by atoms with E-state index in [2.05, 4.69) is 15.6 Å². The number of aromatic nitrogens is 1. The monoisotopic (exact) mass is 431 g/mol. The van der Waals surface area contributed by atoms with Crippen molar-refractivity contribution in [1.82, 2.24) is 10.3 Å². The number of hydrogen-bond acceptors (Lipinski definition) is 6. The number of ether oxygens (including phenoxy) is 2. The van der Waals surface area contributed by atoms with Gasteiger partial charge in [0.25, 0.3) is 11.8 Å². The molecule has 1 aromatic heterocycles. The maximum absolute atomic E-state index is 12.4. The number of amides is 2. The van der Waals surface area contributed by atoms with Crippen LogP contribution in [0.2, 0.25) is 5.02 Å². The van der Waals surface area contributed by atoms with Gasteiger partial charge in [-0.25, -0.2) is 4.98 Å². The van der Waals surface area contributed by atoms with E-state index in [4.69, 9.17) is 21.1 Å². The minimum Gasteiger partial charge on any atom is -0.497 e. The van der Waals surface area contributed by atoms with Crippen LogP contribution in [0.15, 0.2) is 47.8 Å². The lowest BCUT2D eigenvalue weighted by molar-refractivity contribution is 0.0945. The quantitative estimate of drug-likeness (QED) is 0.590. The van der Waals surface area contributed by atoms with E-state index in [1.54, 1.807) is 56.0 Å². The van der Waals surface area contributed by atoms with Gasteiger partial charge in [0.2, 0.25) is 0 Å². The molecule has 0 aliphatic carbocycles. The predicted octanol–water partition coefficient (Wildman–Crippen LogP) is 4.00. The average Bonchev–Trinajstić information content (AvgIpc) is 3.20. The number of benzene rings is 2. The van der Waals surface area contributed by atoms with E-state index < -0.39 is 0 Å². The molecule has 0 saturated carbocycles. The normalized spacial score (nSPS) is 10.3. The summed E-state index contributed by atoms with van der Waals surface area (Å²) in [5.41, 5.74) is 1.42. The third-order valence-corrected chi connectivity index (χ3v) is 4.97. The maximum atomic E-state index is 12.4. The van der Waals surface area contributed by atoms with Crippen LogP contribution in [-0.4, -0.2) is 31.0 Å². The minimum absolute atomic E-state index is 0.212. The molecule has 0 aliphatic rings. The van der Waals surface area contributed by atoms with Crippen molar-refractivity contribution in [3.05, 3.63) is 69.7 Å². The Labute approximate surface area is 176 Å². The number of nitrogens with zero attached hydrogens (tertiary/aromatic N) is 1. The molecular formula is C20H18ClN3O4S. The van der Waals surface area contributed by atoms with Crippen molar-refractivity contribution < 1.29 is 19.1 Å². The Balaban J connectivity index is 1.61. The number of halogens is 1. The van der Waals surface area contributed by atoms with Crippen LogP contribution in [0.3, 0.4) is 0 Å². The van der Waals surface area contributed by atoms with Gasteiger partial charge in [0.1, 0.15) is 17.2 Å². The molecule has 7 nitrogen and oxygen atoms in total. The summed E-state index contributed by atoms with van der Waals surface area (Å²) >= 11 is 7.06. The van der Waals surface area contributed by atoms with Crippen molar-refractivity contribution in [1.29, 1.82) is 0 Å². The lowest BCUT2D eigenvalue weighted by Crippen LogP contribution is -2.23. The lowest BCUT2D eigenvalue weighted by atomic mass is 10.2. The molecule has 0 bridgehead atoms. The first-order valence-corrected chi connectivity index (χ1v) is 9.77. The molecule has 3 rings (SSSR count). The second-order valence-corrected chi connectivity index (χ2v) is 7.16. The number of carbonyl (C=O) groups excluding carboxylic acids is 2. The highest BCUT2D eigenvalue weighted by Crippen LogP contribution is 2.24. The Morgan fingerprint density at radius 3 is 2.66 bits per heavy atom. The van der Waals surface area contributed by atoms with Gasteiger partial charge in [0, 0.05) is 34.1 Å². The Morgan fingerprint density at radius 1 is 1.10 bits per heavy atom. The Bertz CT molecular complexity index is 1040. The molecule has 0 unspecified atom stereocenters. The second kappa shape index (κ2) is 9.40. The van der Waals surface area contributed by atoms with Gasteiger partial charge >= 0.3 is 0 Å². The van der Waals surface area contributed by atoms with E-state index in [0.29, 0.717) is 27.2 Å². The van der Waals surface area contributed by atoms with Crippen LogP contribution in [-0.2, 0) is 6.54 Å². The molecule has 0 spiro atoms. The smallest absolute Gasteiger partial charge is 0.271 e. The Hall–Kier alpha value is -3.10. The van der Waals surface area contributed by atoms with Crippen LogP contribution in [0, 0.1) is 0 Å². The van der Waals surface area contributed by atoms with E-state index in [-0.39, 0.29) is 24.1 Å². The fraction of sp³-hybridized carbons (Fsp3) is 0.150. The van der Waals surface area contributed by atoms with Gasteiger partial charge in [-0.2, -0.15) is 0 Å². The fourth-order valence-corrected chi connectivity index (χ4v) is 3.37. The molecule has 29 heavy (non-hydrogen) atoms. The number of thiazole rings is 1. The highest BCUT2D eigenvalue weighted by atomic mass is 35.5. The highest BCUT2D eigenvalue weighted by Gasteiger charge is 2.14. The van der Waals surface area contributed by atoms with Gasteiger partial charge in [0.05, 0.1) is 14.2 Å². The second-order valence-electron chi connectivity index (χ2n) is 5.86. The zero-order chi connectivity index (χ0) is 20.8. The molecule has 150 valence electrons. The van der Waals surface area contributed by atoms with Crippen LogP contribution in [0.5, 0.6) is 11.5 Å². The molecule has 3 aromatic rings. The number of carbonyl (C=O) groups is 2. The molecule has 9 heteroatoms. The summed E-state index contributed by atoms with van der Waals surface area (Å²) in [6.45, 7) is 0.258. The summed E-state index contributed by atoms with van der Waals surface area (Å²) in [5, 5.41) is 7.81. The summed E-state index contributed by atoms with van der Waals surface area (Å²) in [7, 11) is 3.12. The van der Waals surface area contributed by atoms with E-state index >= 15 is 0 Å². The molecule has 0 saturated heterocycles. The van der Waals surface area contributed by atoms with Gasteiger partial charge in [-0.1, -0.05) is 17.7 Å². The van der Waals surface area contributed by atoms with Crippen LogP contribution in [0.1, 0.15) is 26.4 Å². The number of hydrogen-bond donors (Lipinski definition) is 2. The SMILES string of the molecule is COc1ccc(CNC(=O)c2csc(NC(=O)c3cccc(Cl)c3)n2)c(OC)c1. The molecular weight excluding hydrogens is 414 g/mol. The predicted molar refractivity (Wildman–Crippen MR) is 112 cm³/mol. The number of nitrogens with one attached hydrogen (secondary N) is 2. The Morgan fingerprint density at radius 2 is 1.93 bits per heavy atom. The van der Waals surface area contributed by atoms with Crippen molar-refractivity contribution in [3.63, 3.8) is 0 Å². The molecule has 2 amide bonds. The van der Waals surface area contributed by atoms with Gasteiger partial charge in [-0.15, -0.1) is 11.3 Å². The van der Waals surface area contributed by atoms with Crippen LogP contribution >= 0.6 is 22.9 Å². The maximum Gasteiger partial charge on any atom is 0.271 e. The summed E-state index contributed by atoms with van der Waals surface area (Å²) in [6, 6.07) is 11.9. The van der Waals surface area contributed by atoms with Gasteiger partial charge in [-0.3, -0.25) is 14.9 Å². The molecule has 0 atom stereocenters. The van der Waals surface area contributed by atoms with Crippen molar-refractivity contribution >= 4 is 39.9 Å². The average molecular weight is 432 g/mol. The molecule has 0 fully saturated rings. The fourth-order valence-electron chi connectivity index (χ4n) is 2.50. The molecule has 2 aromatic carbocycles. The van der Waals surface area contributed by atoms with Gasteiger partial charge in [0.15, 0.2) is 5.13 Å². The van der Waals surface area contributed by atoms with E-state index in [9.17, 15) is 9.59 Å². The molecule has 2 N–H and O–H groups in total. The third-order valence-electron chi connectivity index (χ3n) is 3.98. The van der Waals surface area contributed by atoms with Crippen molar-refractivity contribution in [2.24, 2.45) is 0 Å². The number of anilines is 1. The number of methoxy groups -OCH3 is 2. The zero-order valence-electron chi connectivity index (χ0n) is 15.7. The zero-order valence-corrected chi connectivity index (χ0v) is 17.3. The molecule has 1 heterocycles. The molecule has 0 aliphatic heterocycles. The van der Waals surface area contributed by atoms with Crippen LogP contribution < -0.4 is 20.1 Å². The highest BCUT2D eigenvalue weighted by molar-refractivity contribution is 7.14. The molecule has 0 radical (unpaired) electrons. The lowest BCUT2D eigenvalue weighted by Gasteiger charge is -2.10. The standard InChI is InChI=1S/C20H18ClN3O4S/c1-27-15-7-6-13(17(9-15)28-2)10-22-19(26)16-11-29-20(23-16)24-18(25)12-4-3-5-14(21)8-12/h3-9,11H,10H2,1-2H3,(H,22,26)(H,23,24,25). The minimum atomic E-state index is -0.359. The van der Waals surface area contributed by atoms with E-state index in [1.165, 1.54) is 0 Å². The largest absolute Gasteiger partial charge is 0.497 e. The van der Waals surface area contributed by atoms with Crippen LogP contribution in [0.25, 0.3) is 0 Å². The topological polar surface area (TPSA) is 89.6 Å². The first-order valence-electron chi connectivity index (χ1n) is 8.51. The van der Waals surface area contributed by atoms with Crippen molar-refractivity contribution in [3.8, 4) is 11.5 Å². The summed E-state index contributed by atoms with van der Waals surface area (Å²) in [6.07, 6.45) is 0. The first kappa shape index (κ1) is 20.6. The number of rotatable bonds is 7. The van der Waals surface area contributed by atoms with Crippen LogP contribution in [0.4, 0.5) is 5.13 Å². The first-order chi connectivity index (χ1) is 14.0. The Kier molecular flexibility index (Phi) is 6.69. The third kappa shape index (κ3) is 5.24. The van der Waals surface area contributed by atoms with Gasteiger partial charge in [-0.05, 0) is 30.3 Å². The van der Waals surface area contributed by atoms with E-state index in [1.807, 2.05) is 6.07 Å². The summed E-state index contributed by atoms with van der Waals surface area (Å²) in [5.74, 6) is 0.563. The summed E-state index contributed by atoms with van der Waals surface area (Å²) < 4.78 is 10.5. The van der Waals surface area contributed by atoms with E-state index in [0.717, 1.165) is 16.9 Å². The van der Waals surface area contributed by atoms with Crippen molar-refractivity contribution in [2.75, 3.05) is 19.5 Å². The summed E-state index contributed by atoms with van der Waals surface area (Å²) in [4.78, 5) is 28.8. The van der Waals surface area contributed by atoms with Gasteiger partial charge < -0.3 is 14.8 Å². The van der Waals surface area contributed by atoms with Crippen molar-refractivity contribution in [2.45, 2.75) is 6.54 Å².